The Hall–Kier alpha value is -3.35. The van der Waals surface area contributed by atoms with Gasteiger partial charge in [0, 0.05) is 5.56 Å². The minimum atomic E-state index is -0.656. The lowest BCUT2D eigenvalue weighted by atomic mass is 10.2. The molecule has 0 saturated heterocycles. The lowest BCUT2D eigenvalue weighted by molar-refractivity contribution is 0.0470. The third kappa shape index (κ3) is 3.77. The number of carbonyl (C=O) groups is 1. The number of aryl methyl sites for hydroxylation is 1. The van der Waals surface area contributed by atoms with E-state index in [1.807, 2.05) is 13.0 Å². The molecule has 0 aliphatic heterocycles. The molecule has 0 aliphatic rings. The first-order valence-electron chi connectivity index (χ1n) is 7.65. The summed E-state index contributed by atoms with van der Waals surface area (Å²) in [6.45, 7) is 3.81. The zero-order chi connectivity index (χ0) is 17.8. The van der Waals surface area contributed by atoms with E-state index in [1.165, 1.54) is 0 Å². The monoisotopic (exact) mass is 340 g/mol. The van der Waals surface area contributed by atoms with Gasteiger partial charge in [-0.25, -0.2) is 4.79 Å². The molecule has 3 aromatic rings. The second-order valence-electron chi connectivity index (χ2n) is 5.24. The van der Waals surface area contributed by atoms with Gasteiger partial charge in [-0.2, -0.15) is 4.98 Å². The predicted octanol–water partition coefficient (Wildman–Crippen LogP) is 3.72. The van der Waals surface area contributed by atoms with Gasteiger partial charge in [-0.15, -0.1) is 0 Å². The van der Waals surface area contributed by atoms with Crippen LogP contribution in [0.4, 0.5) is 0 Å². The molecule has 0 aliphatic carbocycles. The van der Waals surface area contributed by atoms with Crippen LogP contribution in [0.15, 0.2) is 47.0 Å². The fourth-order valence-electron chi connectivity index (χ4n) is 2.13. The zero-order valence-corrected chi connectivity index (χ0v) is 13.7. The quantitative estimate of drug-likeness (QED) is 0.707. The van der Waals surface area contributed by atoms with E-state index in [0.29, 0.717) is 17.1 Å². The molecule has 25 heavy (non-hydrogen) atoms. The zero-order valence-electron chi connectivity index (χ0n) is 13.7. The van der Waals surface area contributed by atoms with Crippen LogP contribution in [0.1, 0.15) is 23.2 Å². The number of rotatable bonds is 5. The van der Waals surface area contributed by atoms with Crippen LogP contribution in [-0.2, 0) is 4.74 Å². The molecule has 0 amide bonds. The van der Waals surface area contributed by atoms with Crippen molar-refractivity contribution in [3.05, 3.63) is 53.9 Å². The van der Waals surface area contributed by atoms with Crippen molar-refractivity contribution in [2.45, 2.75) is 13.8 Å². The first-order valence-corrected chi connectivity index (χ1v) is 7.65. The van der Waals surface area contributed by atoms with Gasteiger partial charge in [0.05, 0.1) is 6.61 Å². The molecule has 0 spiro atoms. The van der Waals surface area contributed by atoms with E-state index in [-0.39, 0.29) is 24.1 Å². The molecule has 3 rings (SSSR count). The van der Waals surface area contributed by atoms with E-state index >= 15 is 0 Å². The Kier molecular flexibility index (Phi) is 4.65. The fraction of sp³-hybridized carbons (Fsp3) is 0.167. The van der Waals surface area contributed by atoms with Crippen molar-refractivity contribution in [1.29, 1.82) is 0 Å². The Balaban J connectivity index is 1.75. The highest BCUT2D eigenvalue weighted by molar-refractivity contribution is 5.84. The highest BCUT2D eigenvalue weighted by Crippen LogP contribution is 2.32. The normalized spacial score (nSPS) is 10.5. The topological polar surface area (TPSA) is 94.7 Å². The number of phenols is 1. The first kappa shape index (κ1) is 16.5. The summed E-state index contributed by atoms with van der Waals surface area (Å²) in [4.78, 5) is 15.5. The van der Waals surface area contributed by atoms with Gasteiger partial charge in [0.1, 0.15) is 5.75 Å². The van der Waals surface area contributed by atoms with E-state index in [0.717, 1.165) is 5.56 Å². The summed E-state index contributed by atoms with van der Waals surface area (Å²) >= 11 is 0. The molecule has 0 atom stereocenters. The van der Waals surface area contributed by atoms with E-state index in [2.05, 4.69) is 10.1 Å². The second kappa shape index (κ2) is 7.04. The van der Waals surface area contributed by atoms with Gasteiger partial charge in [-0.3, -0.25) is 0 Å². The molecule has 0 radical (unpaired) electrons. The third-order valence-corrected chi connectivity index (χ3v) is 3.33. The molecule has 7 nitrogen and oxygen atoms in total. The lowest BCUT2D eigenvalue weighted by Crippen LogP contribution is -2.04. The Morgan fingerprint density at radius 1 is 1.20 bits per heavy atom. The molecule has 128 valence electrons. The van der Waals surface area contributed by atoms with Crippen molar-refractivity contribution < 1.29 is 23.9 Å². The van der Waals surface area contributed by atoms with Crippen molar-refractivity contribution in [3.63, 3.8) is 0 Å². The number of aromatic nitrogens is 2. The van der Waals surface area contributed by atoms with Crippen LogP contribution in [-0.4, -0.2) is 27.8 Å². The van der Waals surface area contributed by atoms with Crippen molar-refractivity contribution in [3.8, 4) is 28.6 Å². The number of aromatic hydroxyl groups is 1. The number of esters is 1. The molecule has 0 unspecified atom stereocenters. The van der Waals surface area contributed by atoms with Crippen molar-refractivity contribution in [2.24, 2.45) is 0 Å². The lowest BCUT2D eigenvalue weighted by Gasteiger charge is -2.08. The highest BCUT2D eigenvalue weighted by Gasteiger charge is 2.17. The third-order valence-electron chi connectivity index (χ3n) is 3.33. The van der Waals surface area contributed by atoms with E-state index < -0.39 is 5.97 Å². The minimum absolute atomic E-state index is 0.0707. The number of benzene rings is 2. The number of hydrogen-bond donors (Lipinski definition) is 1. The van der Waals surface area contributed by atoms with Crippen molar-refractivity contribution in [2.75, 3.05) is 6.61 Å². The maximum absolute atomic E-state index is 11.5. The Labute approximate surface area is 143 Å². The van der Waals surface area contributed by atoms with Crippen molar-refractivity contribution in [1.82, 2.24) is 10.1 Å². The van der Waals surface area contributed by atoms with Gasteiger partial charge in [0.25, 0.3) is 0 Å². The van der Waals surface area contributed by atoms with Gasteiger partial charge in [-0.05, 0) is 55.8 Å². The molecule has 7 heteroatoms. The summed E-state index contributed by atoms with van der Waals surface area (Å²) in [5.74, 6) is 0.395. The average Bonchev–Trinajstić information content (AvgIpc) is 3.08. The SMILES string of the molecule is CCOC(=O)c1nc(-c2ccc(Oc3ccc(C)cc3O)cc2)no1. The van der Waals surface area contributed by atoms with Crippen LogP contribution in [0.25, 0.3) is 11.4 Å². The maximum atomic E-state index is 11.5. The number of ether oxygens (including phenoxy) is 2. The fourth-order valence-corrected chi connectivity index (χ4v) is 2.13. The number of carbonyl (C=O) groups excluding carboxylic acids is 1. The standard InChI is InChI=1S/C18H16N2O5/c1-3-23-18(22)17-19-16(20-25-17)12-5-7-13(8-6-12)24-15-9-4-11(2)10-14(15)21/h4-10,21H,3H2,1-2H3. The average molecular weight is 340 g/mol. The molecule has 1 aromatic heterocycles. The number of hydrogen-bond acceptors (Lipinski definition) is 7. The molecule has 2 aromatic carbocycles. The van der Waals surface area contributed by atoms with Gasteiger partial charge < -0.3 is 19.1 Å². The summed E-state index contributed by atoms with van der Waals surface area (Å²) in [7, 11) is 0. The van der Waals surface area contributed by atoms with Crippen LogP contribution in [0.5, 0.6) is 17.2 Å². The number of phenolic OH excluding ortho intramolecular Hbond substituents is 1. The van der Waals surface area contributed by atoms with E-state index in [1.54, 1.807) is 43.3 Å². The summed E-state index contributed by atoms with van der Waals surface area (Å²) in [6.07, 6.45) is 0. The molecule has 0 fully saturated rings. The molecular weight excluding hydrogens is 324 g/mol. The Morgan fingerprint density at radius 3 is 2.64 bits per heavy atom. The Bertz CT molecular complexity index is 887. The van der Waals surface area contributed by atoms with E-state index in [4.69, 9.17) is 14.0 Å². The van der Waals surface area contributed by atoms with Gasteiger partial charge in [-0.1, -0.05) is 11.2 Å². The highest BCUT2D eigenvalue weighted by atomic mass is 16.6. The molecular formula is C18H16N2O5. The van der Waals surface area contributed by atoms with Gasteiger partial charge in [0.2, 0.25) is 5.82 Å². The van der Waals surface area contributed by atoms with Crippen LogP contribution < -0.4 is 4.74 Å². The maximum Gasteiger partial charge on any atom is 0.397 e. The molecule has 0 bridgehead atoms. The largest absolute Gasteiger partial charge is 0.504 e. The summed E-state index contributed by atoms with van der Waals surface area (Å²) in [5, 5.41) is 13.6. The van der Waals surface area contributed by atoms with Gasteiger partial charge >= 0.3 is 11.9 Å². The smallest absolute Gasteiger partial charge is 0.397 e. The van der Waals surface area contributed by atoms with Crippen LogP contribution in [0, 0.1) is 6.92 Å². The molecule has 1 heterocycles. The van der Waals surface area contributed by atoms with Crippen LogP contribution in [0.2, 0.25) is 0 Å². The molecule has 0 saturated carbocycles. The van der Waals surface area contributed by atoms with E-state index in [9.17, 15) is 9.90 Å². The Morgan fingerprint density at radius 2 is 1.96 bits per heavy atom. The summed E-state index contributed by atoms with van der Waals surface area (Å²) in [5.41, 5.74) is 1.59. The summed E-state index contributed by atoms with van der Waals surface area (Å²) < 4.78 is 15.3. The number of nitrogens with zero attached hydrogens (tertiary/aromatic N) is 2. The molecule has 1 N–H and O–H groups in total. The van der Waals surface area contributed by atoms with Gasteiger partial charge in [0.15, 0.2) is 11.5 Å². The van der Waals surface area contributed by atoms with Crippen LogP contribution >= 0.6 is 0 Å². The van der Waals surface area contributed by atoms with Crippen molar-refractivity contribution >= 4 is 5.97 Å². The summed E-state index contributed by atoms with van der Waals surface area (Å²) in [6, 6.07) is 12.0. The van der Waals surface area contributed by atoms with Crippen LogP contribution in [0.3, 0.4) is 0 Å². The first-order chi connectivity index (χ1) is 12.1. The predicted molar refractivity (Wildman–Crippen MR) is 88.6 cm³/mol. The second-order valence-corrected chi connectivity index (χ2v) is 5.24. The minimum Gasteiger partial charge on any atom is -0.504 e.